The van der Waals surface area contributed by atoms with Crippen molar-refractivity contribution in [1.82, 2.24) is 5.32 Å². The Morgan fingerprint density at radius 2 is 1.86 bits per heavy atom. The summed E-state index contributed by atoms with van der Waals surface area (Å²) in [6, 6.07) is 10.6. The minimum Gasteiger partial charge on any atom is -0.468 e. The van der Waals surface area contributed by atoms with Crippen molar-refractivity contribution in [3.63, 3.8) is 0 Å². The van der Waals surface area contributed by atoms with Gasteiger partial charge >= 0.3 is 5.97 Å². The van der Waals surface area contributed by atoms with Crippen molar-refractivity contribution in [3.05, 3.63) is 42.1 Å². The van der Waals surface area contributed by atoms with E-state index in [0.717, 1.165) is 0 Å². The van der Waals surface area contributed by atoms with Crippen LogP contribution in [0.5, 0.6) is 0 Å². The lowest BCUT2D eigenvalue weighted by atomic mass is 10.0. The number of methoxy groups -OCH3 is 1. The zero-order valence-corrected chi connectivity index (χ0v) is 14.8. The molecule has 0 aliphatic rings. The van der Waals surface area contributed by atoms with Crippen LogP contribution in [-0.4, -0.2) is 33.7 Å². The second-order valence-corrected chi connectivity index (χ2v) is 10.7. The Balaban J connectivity index is 2.92. The maximum absolute atomic E-state index is 11.4. The van der Waals surface area contributed by atoms with Crippen molar-refractivity contribution < 1.29 is 9.53 Å². The number of ether oxygens (including phenoxy) is 1. The molecule has 1 N–H and O–H groups in total. The maximum Gasteiger partial charge on any atom is 0.319 e. The molecule has 1 aromatic carbocycles. The lowest BCUT2D eigenvalue weighted by molar-refractivity contribution is -0.139. The highest BCUT2D eigenvalue weighted by Gasteiger charge is 2.33. The first-order chi connectivity index (χ1) is 9.80. The predicted octanol–water partition coefficient (Wildman–Crippen LogP) is 2.48. The molecular weight excluding hydrogens is 278 g/mol. The summed E-state index contributed by atoms with van der Waals surface area (Å²) in [5.41, 5.74) is 0. The Bertz CT molecular complexity index is 483. The molecule has 0 saturated heterocycles. The van der Waals surface area contributed by atoms with E-state index in [1.54, 1.807) is 0 Å². The fourth-order valence-corrected chi connectivity index (χ4v) is 5.07. The number of nitrogens with one attached hydrogen (secondary N) is 1. The summed E-state index contributed by atoms with van der Waals surface area (Å²) in [5, 5.41) is 5.88. The fraction of sp³-hybridized carbons (Fsp3) is 0.471. The van der Waals surface area contributed by atoms with Gasteiger partial charge in [-0.3, -0.25) is 4.79 Å². The van der Waals surface area contributed by atoms with Crippen LogP contribution >= 0.6 is 0 Å². The van der Waals surface area contributed by atoms with Crippen LogP contribution in [-0.2, 0) is 9.53 Å². The summed E-state index contributed by atoms with van der Waals surface area (Å²) in [6.45, 7) is 13.5. The highest BCUT2D eigenvalue weighted by atomic mass is 28.3. The standard InChI is InChI=1S/C17H27NO2Si/c1-13(2)17(18-12-16(19)20-4)14(3)21(5,6)15-10-8-7-9-11-15/h7-11,13,17-18H,3,12H2,1-2,4-6H3/t17-/m1/s1. The number of esters is 1. The largest absolute Gasteiger partial charge is 0.468 e. The highest BCUT2D eigenvalue weighted by Crippen LogP contribution is 2.21. The number of hydrogen-bond acceptors (Lipinski definition) is 3. The van der Waals surface area contributed by atoms with Crippen LogP contribution in [0.4, 0.5) is 0 Å². The molecule has 0 fully saturated rings. The summed E-state index contributed by atoms with van der Waals surface area (Å²) < 4.78 is 4.71. The monoisotopic (exact) mass is 305 g/mol. The molecule has 0 amide bonds. The summed E-state index contributed by atoms with van der Waals surface area (Å²) in [4.78, 5) is 11.4. The van der Waals surface area contributed by atoms with Crippen LogP contribution in [0.1, 0.15) is 13.8 Å². The molecule has 4 heteroatoms. The molecule has 0 radical (unpaired) electrons. The van der Waals surface area contributed by atoms with E-state index < -0.39 is 8.07 Å². The zero-order valence-electron chi connectivity index (χ0n) is 13.8. The van der Waals surface area contributed by atoms with Gasteiger partial charge in [-0.25, -0.2) is 0 Å². The lowest BCUT2D eigenvalue weighted by Crippen LogP contribution is -2.52. The highest BCUT2D eigenvalue weighted by molar-refractivity contribution is 6.95. The Kier molecular flexibility index (Phi) is 6.36. The van der Waals surface area contributed by atoms with Gasteiger partial charge in [0.1, 0.15) is 8.07 Å². The molecule has 1 atom stereocenters. The van der Waals surface area contributed by atoms with Gasteiger partial charge in [0, 0.05) is 6.04 Å². The van der Waals surface area contributed by atoms with Crippen molar-refractivity contribution in [2.75, 3.05) is 13.7 Å². The molecule has 0 bridgehead atoms. The van der Waals surface area contributed by atoms with Crippen LogP contribution in [0.2, 0.25) is 13.1 Å². The third kappa shape index (κ3) is 4.54. The third-order valence-corrected chi connectivity index (χ3v) is 7.73. The van der Waals surface area contributed by atoms with Crippen LogP contribution in [0.25, 0.3) is 0 Å². The first-order valence-corrected chi connectivity index (χ1v) is 10.4. The van der Waals surface area contributed by atoms with Gasteiger partial charge < -0.3 is 10.1 Å². The van der Waals surface area contributed by atoms with E-state index in [0.29, 0.717) is 5.92 Å². The minimum absolute atomic E-state index is 0.117. The Labute approximate surface area is 129 Å². The maximum atomic E-state index is 11.4. The van der Waals surface area contributed by atoms with Gasteiger partial charge in [-0.1, -0.05) is 67.7 Å². The first kappa shape index (κ1) is 17.7. The van der Waals surface area contributed by atoms with Gasteiger partial charge in [-0.2, -0.15) is 0 Å². The van der Waals surface area contributed by atoms with Crippen LogP contribution in [0.15, 0.2) is 42.1 Å². The number of carbonyl (C=O) groups excluding carboxylic acids is 1. The van der Waals surface area contributed by atoms with Gasteiger partial charge in [-0.15, -0.1) is 6.58 Å². The second kappa shape index (κ2) is 7.57. The molecule has 1 rings (SSSR count). The Hall–Kier alpha value is -1.39. The average molecular weight is 305 g/mol. The molecule has 0 saturated carbocycles. The zero-order chi connectivity index (χ0) is 16.0. The molecule has 0 aromatic heterocycles. The molecular formula is C17H27NO2Si. The average Bonchev–Trinajstić information content (AvgIpc) is 2.47. The number of hydrogen-bond donors (Lipinski definition) is 1. The van der Waals surface area contributed by atoms with Gasteiger partial charge in [0.2, 0.25) is 0 Å². The van der Waals surface area contributed by atoms with E-state index in [4.69, 9.17) is 4.74 Å². The topological polar surface area (TPSA) is 38.3 Å². The molecule has 0 aliphatic carbocycles. The van der Waals surface area contributed by atoms with Gasteiger partial charge in [0.25, 0.3) is 0 Å². The van der Waals surface area contributed by atoms with Gasteiger partial charge in [-0.05, 0) is 5.92 Å². The quantitative estimate of drug-likeness (QED) is 0.621. The third-order valence-electron chi connectivity index (χ3n) is 4.03. The normalized spacial score (nSPS) is 13.0. The second-order valence-electron chi connectivity index (χ2n) is 6.19. The van der Waals surface area contributed by atoms with E-state index >= 15 is 0 Å². The Morgan fingerprint density at radius 1 is 1.29 bits per heavy atom. The molecule has 0 spiro atoms. The van der Waals surface area contributed by atoms with Crippen molar-refractivity contribution >= 4 is 19.2 Å². The van der Waals surface area contributed by atoms with Crippen LogP contribution < -0.4 is 10.5 Å². The number of benzene rings is 1. The van der Waals surface area contributed by atoms with Crippen molar-refractivity contribution in [1.29, 1.82) is 0 Å². The molecule has 0 heterocycles. The number of carbonyl (C=O) groups is 1. The van der Waals surface area contributed by atoms with E-state index in [1.807, 2.05) is 6.07 Å². The molecule has 1 aromatic rings. The van der Waals surface area contributed by atoms with E-state index in [9.17, 15) is 4.79 Å². The van der Waals surface area contributed by atoms with Crippen molar-refractivity contribution in [2.45, 2.75) is 33.0 Å². The summed E-state index contributed by atoms with van der Waals surface area (Å²) in [6.07, 6.45) is 0. The predicted molar refractivity (Wildman–Crippen MR) is 91.3 cm³/mol. The van der Waals surface area contributed by atoms with Gasteiger partial charge in [0.15, 0.2) is 0 Å². The molecule has 3 nitrogen and oxygen atoms in total. The molecule has 0 aliphatic heterocycles. The van der Waals surface area contributed by atoms with E-state index in [2.05, 4.69) is 63.1 Å². The summed E-state index contributed by atoms with van der Waals surface area (Å²) in [7, 11) is -0.391. The van der Waals surface area contributed by atoms with Crippen molar-refractivity contribution in [2.24, 2.45) is 5.92 Å². The van der Waals surface area contributed by atoms with Gasteiger partial charge in [0.05, 0.1) is 13.7 Å². The smallest absolute Gasteiger partial charge is 0.319 e. The molecule has 21 heavy (non-hydrogen) atoms. The van der Waals surface area contributed by atoms with E-state index in [1.165, 1.54) is 17.5 Å². The molecule has 0 unspecified atom stereocenters. The van der Waals surface area contributed by atoms with Crippen LogP contribution in [0.3, 0.4) is 0 Å². The van der Waals surface area contributed by atoms with Crippen LogP contribution in [0, 0.1) is 5.92 Å². The minimum atomic E-state index is -1.80. The number of rotatable bonds is 7. The lowest BCUT2D eigenvalue weighted by Gasteiger charge is -2.34. The Morgan fingerprint density at radius 3 is 2.33 bits per heavy atom. The molecule has 116 valence electrons. The van der Waals surface area contributed by atoms with Crippen molar-refractivity contribution in [3.8, 4) is 0 Å². The summed E-state index contributed by atoms with van der Waals surface area (Å²) >= 11 is 0. The fourth-order valence-electron chi connectivity index (χ4n) is 2.46. The summed E-state index contributed by atoms with van der Waals surface area (Å²) in [5.74, 6) is 0.130. The first-order valence-electron chi connectivity index (χ1n) is 7.35. The SMILES string of the molecule is C=C([C@H](NCC(=O)OC)C(C)C)[Si](C)(C)c1ccccc1. The van der Waals surface area contributed by atoms with E-state index in [-0.39, 0.29) is 18.6 Å².